The van der Waals surface area contributed by atoms with Crippen LogP contribution in [-0.2, 0) is 10.2 Å². The molecule has 0 bridgehead atoms. The number of rotatable bonds is 2. The number of nitrogens with two attached hydrogens (primary N) is 1. The van der Waals surface area contributed by atoms with Crippen molar-refractivity contribution in [1.29, 1.82) is 0 Å². The fourth-order valence-corrected chi connectivity index (χ4v) is 4.02. The van der Waals surface area contributed by atoms with Gasteiger partial charge in [0.2, 0.25) is 5.91 Å². The maximum Gasteiger partial charge on any atom is 0.242 e. The zero-order valence-electron chi connectivity index (χ0n) is 13.4. The van der Waals surface area contributed by atoms with E-state index in [9.17, 15) is 4.79 Å². The van der Waals surface area contributed by atoms with E-state index in [0.29, 0.717) is 0 Å². The van der Waals surface area contributed by atoms with Crippen molar-refractivity contribution in [3.8, 4) is 0 Å². The third-order valence-corrected chi connectivity index (χ3v) is 5.38. The molecule has 1 aromatic carbocycles. The SMILES string of the molecule is CC1(c2ccccc2)CCCN(C(=O)C2(N)CCCC2)C1.Cl. The molecule has 1 amide bonds. The maximum atomic E-state index is 12.8. The van der Waals surface area contributed by atoms with E-state index in [4.69, 9.17) is 5.73 Å². The van der Waals surface area contributed by atoms with Crippen LogP contribution in [0.25, 0.3) is 0 Å². The first-order valence-corrected chi connectivity index (χ1v) is 8.17. The third kappa shape index (κ3) is 3.16. The molecular formula is C18H27ClN2O. The average molecular weight is 323 g/mol. The van der Waals surface area contributed by atoms with Crippen LogP contribution in [0.15, 0.2) is 30.3 Å². The second-order valence-electron chi connectivity index (χ2n) is 7.12. The van der Waals surface area contributed by atoms with E-state index < -0.39 is 5.54 Å². The molecule has 1 unspecified atom stereocenters. The van der Waals surface area contributed by atoms with Crippen LogP contribution in [0.2, 0.25) is 0 Å². The summed E-state index contributed by atoms with van der Waals surface area (Å²) in [4.78, 5) is 14.9. The van der Waals surface area contributed by atoms with Gasteiger partial charge >= 0.3 is 0 Å². The second-order valence-corrected chi connectivity index (χ2v) is 7.12. The van der Waals surface area contributed by atoms with Gasteiger partial charge in [-0.25, -0.2) is 0 Å². The van der Waals surface area contributed by atoms with Gasteiger partial charge in [0, 0.05) is 18.5 Å². The van der Waals surface area contributed by atoms with Gasteiger partial charge in [-0.3, -0.25) is 4.79 Å². The zero-order chi connectivity index (χ0) is 14.9. The first kappa shape index (κ1) is 17.3. The Kier molecular flexibility index (Phi) is 5.18. The summed E-state index contributed by atoms with van der Waals surface area (Å²) in [6.07, 6.45) is 6.08. The highest BCUT2D eigenvalue weighted by Crippen LogP contribution is 2.36. The fourth-order valence-electron chi connectivity index (χ4n) is 4.02. The van der Waals surface area contributed by atoms with Crippen LogP contribution in [0.4, 0.5) is 0 Å². The first-order valence-electron chi connectivity index (χ1n) is 8.17. The lowest BCUT2D eigenvalue weighted by atomic mass is 9.75. The van der Waals surface area contributed by atoms with Crippen molar-refractivity contribution in [1.82, 2.24) is 4.90 Å². The molecule has 1 aliphatic heterocycles. The molecule has 2 N–H and O–H groups in total. The number of amides is 1. The van der Waals surface area contributed by atoms with Gasteiger partial charge in [-0.15, -0.1) is 12.4 Å². The van der Waals surface area contributed by atoms with Gasteiger partial charge < -0.3 is 10.6 Å². The molecule has 2 aliphatic rings. The lowest BCUT2D eigenvalue weighted by Gasteiger charge is -2.43. The highest BCUT2D eigenvalue weighted by atomic mass is 35.5. The van der Waals surface area contributed by atoms with E-state index >= 15 is 0 Å². The Morgan fingerprint density at radius 2 is 1.73 bits per heavy atom. The Hall–Kier alpha value is -1.06. The summed E-state index contributed by atoms with van der Waals surface area (Å²) in [5.41, 5.74) is 7.17. The summed E-state index contributed by atoms with van der Waals surface area (Å²) in [6.45, 7) is 3.94. The number of piperidine rings is 1. The second kappa shape index (κ2) is 6.59. The molecule has 1 aromatic rings. The molecule has 1 atom stereocenters. The van der Waals surface area contributed by atoms with Crippen molar-refractivity contribution >= 4 is 18.3 Å². The Morgan fingerprint density at radius 3 is 2.36 bits per heavy atom. The summed E-state index contributed by atoms with van der Waals surface area (Å²) in [5.74, 6) is 0.182. The van der Waals surface area contributed by atoms with Gasteiger partial charge in [0.15, 0.2) is 0 Å². The van der Waals surface area contributed by atoms with Gasteiger partial charge in [0.1, 0.15) is 0 Å². The minimum Gasteiger partial charge on any atom is -0.340 e. The van der Waals surface area contributed by atoms with E-state index in [2.05, 4.69) is 31.2 Å². The summed E-state index contributed by atoms with van der Waals surface area (Å²) in [5, 5.41) is 0. The van der Waals surface area contributed by atoms with Crippen molar-refractivity contribution in [3.63, 3.8) is 0 Å². The van der Waals surface area contributed by atoms with E-state index in [0.717, 1.165) is 51.6 Å². The standard InChI is InChI=1S/C18H26N2O.ClH/c1-17(15-8-3-2-4-9-15)10-7-13-20(14-17)16(21)18(19)11-5-6-12-18;/h2-4,8-9H,5-7,10-14,19H2,1H3;1H. The van der Waals surface area contributed by atoms with Gasteiger partial charge in [-0.1, -0.05) is 50.1 Å². The predicted molar refractivity (Wildman–Crippen MR) is 92.2 cm³/mol. The normalized spacial score (nSPS) is 27.3. The molecule has 3 rings (SSSR count). The van der Waals surface area contributed by atoms with Gasteiger partial charge in [-0.05, 0) is 31.2 Å². The Morgan fingerprint density at radius 1 is 1.09 bits per heavy atom. The van der Waals surface area contributed by atoms with Gasteiger partial charge in [0.05, 0.1) is 5.54 Å². The van der Waals surface area contributed by atoms with Crippen LogP contribution < -0.4 is 5.73 Å². The van der Waals surface area contributed by atoms with Crippen molar-refractivity contribution < 1.29 is 4.79 Å². The van der Waals surface area contributed by atoms with Gasteiger partial charge in [0.25, 0.3) is 0 Å². The number of likely N-dealkylation sites (tertiary alicyclic amines) is 1. The number of benzene rings is 1. The molecule has 4 heteroatoms. The number of nitrogens with zero attached hydrogens (tertiary/aromatic N) is 1. The summed E-state index contributed by atoms with van der Waals surface area (Å²) < 4.78 is 0. The molecule has 1 saturated carbocycles. The first-order chi connectivity index (χ1) is 10.0. The molecule has 22 heavy (non-hydrogen) atoms. The van der Waals surface area contributed by atoms with Crippen LogP contribution in [0.3, 0.4) is 0 Å². The lowest BCUT2D eigenvalue weighted by Crippen LogP contribution is -2.57. The molecule has 0 spiro atoms. The minimum absolute atomic E-state index is 0. The predicted octanol–water partition coefficient (Wildman–Crippen LogP) is 3.26. The number of hydrogen-bond acceptors (Lipinski definition) is 2. The zero-order valence-corrected chi connectivity index (χ0v) is 14.2. The smallest absolute Gasteiger partial charge is 0.242 e. The molecule has 3 nitrogen and oxygen atoms in total. The largest absolute Gasteiger partial charge is 0.340 e. The minimum atomic E-state index is -0.588. The van der Waals surface area contributed by atoms with E-state index in [-0.39, 0.29) is 23.7 Å². The quantitative estimate of drug-likeness (QED) is 0.908. The summed E-state index contributed by atoms with van der Waals surface area (Å²) in [7, 11) is 0. The lowest BCUT2D eigenvalue weighted by molar-refractivity contribution is -0.139. The molecule has 0 aromatic heterocycles. The van der Waals surface area contributed by atoms with Crippen molar-refractivity contribution in [2.75, 3.05) is 13.1 Å². The number of halogens is 1. The number of carbonyl (C=O) groups is 1. The van der Waals surface area contributed by atoms with Crippen LogP contribution >= 0.6 is 12.4 Å². The molecule has 1 heterocycles. The number of hydrogen-bond donors (Lipinski definition) is 1. The van der Waals surface area contributed by atoms with E-state index in [1.165, 1.54) is 5.56 Å². The molecule has 1 aliphatic carbocycles. The Labute approximate surface area is 139 Å². The van der Waals surface area contributed by atoms with Crippen molar-refractivity contribution in [3.05, 3.63) is 35.9 Å². The van der Waals surface area contributed by atoms with Crippen LogP contribution in [-0.4, -0.2) is 29.4 Å². The Balaban J connectivity index is 0.00000176. The summed E-state index contributed by atoms with van der Waals surface area (Å²) in [6, 6.07) is 10.6. The Bertz CT molecular complexity index is 513. The van der Waals surface area contributed by atoms with Crippen LogP contribution in [0.1, 0.15) is 51.0 Å². The van der Waals surface area contributed by atoms with Crippen molar-refractivity contribution in [2.45, 2.75) is 56.4 Å². The van der Waals surface area contributed by atoms with Crippen molar-refractivity contribution in [2.24, 2.45) is 5.73 Å². The van der Waals surface area contributed by atoms with Crippen LogP contribution in [0, 0.1) is 0 Å². The van der Waals surface area contributed by atoms with E-state index in [1.807, 2.05) is 11.0 Å². The average Bonchev–Trinajstić information content (AvgIpc) is 2.95. The maximum absolute atomic E-state index is 12.8. The third-order valence-electron chi connectivity index (χ3n) is 5.38. The molecule has 1 saturated heterocycles. The fraction of sp³-hybridized carbons (Fsp3) is 0.611. The topological polar surface area (TPSA) is 46.3 Å². The highest BCUT2D eigenvalue weighted by Gasteiger charge is 2.43. The van der Waals surface area contributed by atoms with Crippen LogP contribution in [0.5, 0.6) is 0 Å². The molecule has 122 valence electrons. The number of carbonyl (C=O) groups excluding carboxylic acids is 1. The van der Waals surface area contributed by atoms with Gasteiger partial charge in [-0.2, -0.15) is 0 Å². The summed E-state index contributed by atoms with van der Waals surface area (Å²) >= 11 is 0. The molecular weight excluding hydrogens is 296 g/mol. The monoisotopic (exact) mass is 322 g/mol. The van der Waals surface area contributed by atoms with E-state index in [1.54, 1.807) is 0 Å². The molecule has 0 radical (unpaired) electrons. The highest BCUT2D eigenvalue weighted by molar-refractivity contribution is 5.86. The molecule has 2 fully saturated rings.